The number of rotatable bonds is 8. The minimum absolute atomic E-state index is 0.155. The maximum Gasteiger partial charge on any atom is 0.251 e. The molecule has 0 bridgehead atoms. The molecule has 0 radical (unpaired) electrons. The molecule has 34 heavy (non-hydrogen) atoms. The summed E-state index contributed by atoms with van der Waals surface area (Å²) >= 11 is 0. The molecule has 1 aliphatic heterocycles. The zero-order chi connectivity index (χ0) is 23.8. The quantitative estimate of drug-likeness (QED) is 0.524. The van der Waals surface area contributed by atoms with Crippen LogP contribution in [0.1, 0.15) is 47.2 Å². The van der Waals surface area contributed by atoms with Crippen LogP contribution in [0.2, 0.25) is 0 Å². The molecule has 1 amide bonds. The number of pyridine rings is 1. The van der Waals surface area contributed by atoms with Gasteiger partial charge in [0.25, 0.3) is 5.91 Å². The van der Waals surface area contributed by atoms with Crippen LogP contribution in [0, 0.1) is 0 Å². The van der Waals surface area contributed by atoms with Crippen LogP contribution >= 0.6 is 0 Å². The number of aromatic nitrogens is 1. The normalized spacial score (nSPS) is 14.8. The van der Waals surface area contributed by atoms with E-state index in [1.165, 1.54) is 10.4 Å². The molecule has 1 fully saturated rings. The summed E-state index contributed by atoms with van der Waals surface area (Å²) < 4.78 is 33.4. The molecule has 2 aromatic carbocycles. The molecule has 0 spiro atoms. The lowest BCUT2D eigenvalue weighted by molar-refractivity contribution is 0.0950. The van der Waals surface area contributed by atoms with Crippen LogP contribution in [-0.4, -0.2) is 36.7 Å². The Morgan fingerprint density at radius 1 is 0.912 bits per heavy atom. The van der Waals surface area contributed by atoms with Crippen LogP contribution in [0.3, 0.4) is 0 Å². The molecule has 1 N–H and O–H groups in total. The summed E-state index contributed by atoms with van der Waals surface area (Å²) in [5.74, 6) is 0.137. The number of benzene rings is 2. The zero-order valence-corrected chi connectivity index (χ0v) is 19.8. The van der Waals surface area contributed by atoms with Crippen molar-refractivity contribution in [3.8, 4) is 5.88 Å². The topological polar surface area (TPSA) is 88.6 Å². The first-order chi connectivity index (χ1) is 16.5. The fourth-order valence-electron chi connectivity index (χ4n) is 3.88. The van der Waals surface area contributed by atoms with Gasteiger partial charge in [-0.25, -0.2) is 13.4 Å². The van der Waals surface area contributed by atoms with Gasteiger partial charge in [-0.15, -0.1) is 0 Å². The largest absolute Gasteiger partial charge is 0.473 e. The van der Waals surface area contributed by atoms with Crippen LogP contribution in [0.15, 0.2) is 77.8 Å². The van der Waals surface area contributed by atoms with E-state index in [1.54, 1.807) is 36.5 Å². The predicted octanol–water partition coefficient (Wildman–Crippen LogP) is 4.16. The number of amides is 1. The summed E-state index contributed by atoms with van der Waals surface area (Å²) in [6, 6.07) is 19.6. The van der Waals surface area contributed by atoms with Crippen LogP contribution in [0.5, 0.6) is 5.88 Å². The highest BCUT2D eigenvalue weighted by Crippen LogP contribution is 2.21. The van der Waals surface area contributed by atoms with Gasteiger partial charge >= 0.3 is 0 Å². The lowest BCUT2D eigenvalue weighted by Gasteiger charge is -2.20. The van der Waals surface area contributed by atoms with Gasteiger partial charge in [0.05, 0.1) is 4.90 Å². The van der Waals surface area contributed by atoms with E-state index in [1.807, 2.05) is 30.3 Å². The van der Waals surface area contributed by atoms with Crippen molar-refractivity contribution in [2.45, 2.75) is 43.7 Å². The van der Waals surface area contributed by atoms with Gasteiger partial charge in [-0.3, -0.25) is 4.79 Å². The van der Waals surface area contributed by atoms with Gasteiger partial charge in [-0.05, 0) is 48.2 Å². The third-order valence-corrected chi connectivity index (χ3v) is 7.68. The first-order valence-electron chi connectivity index (χ1n) is 11.5. The third-order valence-electron chi connectivity index (χ3n) is 5.78. The molecule has 0 atom stereocenters. The maximum atomic E-state index is 13.1. The fourth-order valence-corrected chi connectivity index (χ4v) is 5.45. The van der Waals surface area contributed by atoms with Gasteiger partial charge in [0, 0.05) is 37.5 Å². The summed E-state index contributed by atoms with van der Waals surface area (Å²) in [5, 5.41) is 2.85. The Hall–Kier alpha value is -3.23. The van der Waals surface area contributed by atoms with E-state index < -0.39 is 10.0 Å². The van der Waals surface area contributed by atoms with Crippen molar-refractivity contribution in [2.24, 2.45) is 0 Å². The molecular weight excluding hydrogens is 450 g/mol. The number of carbonyl (C=O) groups is 1. The first kappa shape index (κ1) is 23.9. The van der Waals surface area contributed by atoms with E-state index in [9.17, 15) is 13.2 Å². The highest BCUT2D eigenvalue weighted by molar-refractivity contribution is 7.89. The average Bonchev–Trinajstić information content (AvgIpc) is 3.17. The zero-order valence-electron chi connectivity index (χ0n) is 19.0. The number of ether oxygens (including phenoxy) is 1. The van der Waals surface area contributed by atoms with E-state index in [-0.39, 0.29) is 17.3 Å². The van der Waals surface area contributed by atoms with Crippen molar-refractivity contribution in [1.82, 2.24) is 14.6 Å². The second-order valence-electron chi connectivity index (χ2n) is 8.31. The van der Waals surface area contributed by atoms with Gasteiger partial charge in [0.15, 0.2) is 0 Å². The summed E-state index contributed by atoms with van der Waals surface area (Å²) in [6.07, 6.45) is 5.45. The molecule has 1 aromatic heterocycles. The second kappa shape index (κ2) is 11.3. The second-order valence-corrected chi connectivity index (χ2v) is 10.2. The van der Waals surface area contributed by atoms with Gasteiger partial charge in [-0.2, -0.15) is 4.31 Å². The Morgan fingerprint density at radius 3 is 2.44 bits per heavy atom. The lowest BCUT2D eigenvalue weighted by Crippen LogP contribution is -2.32. The molecule has 7 nitrogen and oxygen atoms in total. The minimum Gasteiger partial charge on any atom is -0.473 e. The number of hydrogen-bond donors (Lipinski definition) is 1. The van der Waals surface area contributed by atoms with Crippen molar-refractivity contribution in [1.29, 1.82) is 0 Å². The van der Waals surface area contributed by atoms with Crippen molar-refractivity contribution >= 4 is 15.9 Å². The Morgan fingerprint density at radius 2 is 1.68 bits per heavy atom. The Balaban J connectivity index is 1.38. The predicted molar refractivity (Wildman–Crippen MR) is 130 cm³/mol. The van der Waals surface area contributed by atoms with E-state index in [4.69, 9.17) is 4.74 Å². The fraction of sp³-hybridized carbons (Fsp3) is 0.308. The standard InChI is InChI=1S/C26H29N3O4S/c30-26(23-11-8-12-24(18-23)34(31,32)29-15-6-1-2-7-16-29)28-19-22-13-14-27-25(17-22)33-20-21-9-4-3-5-10-21/h3-5,8-14,17-18H,1-2,6-7,15-16,19-20H2,(H,28,30). The number of hydrogen-bond acceptors (Lipinski definition) is 5. The molecule has 0 aliphatic carbocycles. The smallest absolute Gasteiger partial charge is 0.251 e. The van der Waals surface area contributed by atoms with Crippen molar-refractivity contribution < 1.29 is 17.9 Å². The van der Waals surface area contributed by atoms with Crippen LogP contribution in [0.4, 0.5) is 0 Å². The number of carbonyl (C=O) groups excluding carboxylic acids is 1. The first-order valence-corrected chi connectivity index (χ1v) is 13.0. The Labute approximate surface area is 200 Å². The minimum atomic E-state index is -3.61. The SMILES string of the molecule is O=C(NCc1ccnc(OCc2ccccc2)c1)c1cccc(S(=O)(=O)N2CCCCCC2)c1. The average molecular weight is 480 g/mol. The summed E-state index contributed by atoms with van der Waals surface area (Å²) in [5.41, 5.74) is 2.18. The number of nitrogens with zero attached hydrogens (tertiary/aromatic N) is 2. The molecular formula is C26H29N3O4S. The van der Waals surface area contributed by atoms with Gasteiger partial charge in [0.1, 0.15) is 6.61 Å². The molecule has 1 saturated heterocycles. The van der Waals surface area contributed by atoms with Crippen molar-refractivity contribution in [3.63, 3.8) is 0 Å². The van der Waals surface area contributed by atoms with Gasteiger partial charge in [-0.1, -0.05) is 49.2 Å². The molecule has 1 aliphatic rings. The highest BCUT2D eigenvalue weighted by atomic mass is 32.2. The Kier molecular flexibility index (Phi) is 7.92. The molecule has 4 rings (SSSR count). The number of nitrogens with one attached hydrogen (secondary N) is 1. The monoisotopic (exact) mass is 479 g/mol. The van der Waals surface area contributed by atoms with E-state index in [0.29, 0.717) is 31.1 Å². The van der Waals surface area contributed by atoms with Crippen molar-refractivity contribution in [2.75, 3.05) is 13.1 Å². The van der Waals surface area contributed by atoms with Gasteiger partial charge < -0.3 is 10.1 Å². The van der Waals surface area contributed by atoms with E-state index in [0.717, 1.165) is 36.8 Å². The van der Waals surface area contributed by atoms with Crippen LogP contribution in [0.25, 0.3) is 0 Å². The molecule has 3 aromatic rings. The van der Waals surface area contributed by atoms with E-state index in [2.05, 4.69) is 10.3 Å². The molecule has 2 heterocycles. The van der Waals surface area contributed by atoms with Crippen LogP contribution < -0.4 is 10.1 Å². The lowest BCUT2D eigenvalue weighted by atomic mass is 10.2. The van der Waals surface area contributed by atoms with E-state index >= 15 is 0 Å². The molecule has 0 saturated carbocycles. The molecule has 0 unspecified atom stereocenters. The number of sulfonamides is 1. The van der Waals surface area contributed by atoms with Crippen molar-refractivity contribution in [3.05, 3.63) is 89.6 Å². The third kappa shape index (κ3) is 6.21. The summed E-state index contributed by atoms with van der Waals surface area (Å²) in [4.78, 5) is 17.1. The van der Waals surface area contributed by atoms with Crippen LogP contribution in [-0.2, 0) is 23.2 Å². The molecule has 178 valence electrons. The Bertz CT molecular complexity index is 1210. The highest BCUT2D eigenvalue weighted by Gasteiger charge is 2.25. The van der Waals surface area contributed by atoms with Gasteiger partial charge in [0.2, 0.25) is 15.9 Å². The summed E-state index contributed by atoms with van der Waals surface area (Å²) in [7, 11) is -3.61. The molecule has 8 heteroatoms. The summed E-state index contributed by atoms with van der Waals surface area (Å²) in [6.45, 7) is 1.72. The maximum absolute atomic E-state index is 13.1.